The number of carboxylic acids is 1. The number of aromatic nitrogens is 2. The van der Waals surface area contributed by atoms with E-state index in [1.54, 1.807) is 0 Å². The lowest BCUT2D eigenvalue weighted by atomic mass is 10.2. The number of rotatable bonds is 7. The molecule has 0 aliphatic heterocycles. The zero-order valence-electron chi connectivity index (χ0n) is 11.9. The topological polar surface area (TPSA) is 75.6 Å². The molecule has 19 heavy (non-hydrogen) atoms. The Morgan fingerprint density at radius 3 is 2.68 bits per heavy atom. The van der Waals surface area contributed by atoms with Crippen LogP contribution in [0.3, 0.4) is 0 Å². The lowest BCUT2D eigenvalue weighted by Crippen LogP contribution is -2.34. The molecule has 0 aromatic carbocycles. The predicted molar refractivity (Wildman–Crippen MR) is 72.7 cm³/mol. The molecule has 0 amide bonds. The van der Waals surface area contributed by atoms with Crippen LogP contribution in [0, 0.1) is 6.92 Å². The normalized spacial score (nSPS) is 10.6. The molecule has 0 unspecified atom stereocenters. The minimum Gasteiger partial charge on any atom is -0.481 e. The Labute approximate surface area is 113 Å². The monoisotopic (exact) mass is 267 g/mol. The van der Waals surface area contributed by atoms with E-state index < -0.39 is 5.97 Å². The summed E-state index contributed by atoms with van der Waals surface area (Å²) in [5.74, 6) is 0.463. The van der Waals surface area contributed by atoms with Crippen LogP contribution in [0.1, 0.15) is 32.8 Å². The Hall–Kier alpha value is -1.85. The van der Waals surface area contributed by atoms with Gasteiger partial charge in [-0.25, -0.2) is 9.97 Å². The maximum atomic E-state index is 10.7. The van der Waals surface area contributed by atoms with Crippen molar-refractivity contribution < 1.29 is 14.6 Å². The second-order valence-corrected chi connectivity index (χ2v) is 4.49. The minimum atomic E-state index is -0.817. The predicted octanol–water partition coefficient (Wildman–Crippen LogP) is 1.87. The van der Waals surface area contributed by atoms with Gasteiger partial charge in [-0.2, -0.15) is 0 Å². The van der Waals surface area contributed by atoms with E-state index in [4.69, 9.17) is 9.84 Å². The Morgan fingerprint density at radius 2 is 2.16 bits per heavy atom. The summed E-state index contributed by atoms with van der Waals surface area (Å²) in [5.41, 5.74) is 0.837. The average molecular weight is 267 g/mol. The van der Waals surface area contributed by atoms with Crippen LogP contribution in [0.5, 0.6) is 5.88 Å². The van der Waals surface area contributed by atoms with Gasteiger partial charge in [-0.1, -0.05) is 0 Å². The molecule has 0 atom stereocenters. The zero-order valence-corrected chi connectivity index (χ0v) is 11.9. The van der Waals surface area contributed by atoms with E-state index in [0.29, 0.717) is 19.0 Å². The molecule has 6 nitrogen and oxygen atoms in total. The largest absolute Gasteiger partial charge is 0.481 e. The van der Waals surface area contributed by atoms with E-state index in [2.05, 4.69) is 9.97 Å². The van der Waals surface area contributed by atoms with Gasteiger partial charge in [-0.3, -0.25) is 4.79 Å². The van der Waals surface area contributed by atoms with Crippen molar-refractivity contribution in [2.45, 2.75) is 40.2 Å². The summed E-state index contributed by atoms with van der Waals surface area (Å²) < 4.78 is 5.44. The number of hydrogen-bond donors (Lipinski definition) is 1. The van der Waals surface area contributed by atoms with Crippen LogP contribution in [0.25, 0.3) is 0 Å². The molecule has 106 valence electrons. The Kier molecular flexibility index (Phi) is 5.54. The van der Waals surface area contributed by atoms with E-state index in [1.165, 1.54) is 6.33 Å². The third-order valence-corrected chi connectivity index (χ3v) is 2.75. The third-order valence-electron chi connectivity index (χ3n) is 2.75. The van der Waals surface area contributed by atoms with E-state index in [9.17, 15) is 4.79 Å². The molecule has 0 bridgehead atoms. The fraction of sp³-hybridized carbons (Fsp3) is 0.615. The number of aliphatic carboxylic acids is 1. The lowest BCUT2D eigenvalue weighted by Gasteiger charge is -2.28. The van der Waals surface area contributed by atoms with Crippen LogP contribution in [0.2, 0.25) is 0 Å². The first kappa shape index (κ1) is 15.2. The standard InChI is InChI=1S/C13H21N3O3/c1-5-19-13-10(4)12(14-8-15-13)16(9(2)3)7-6-11(17)18/h8-9H,5-7H2,1-4H3,(H,17,18). The van der Waals surface area contributed by atoms with E-state index in [-0.39, 0.29) is 12.5 Å². The van der Waals surface area contributed by atoms with Crippen molar-refractivity contribution in [2.24, 2.45) is 0 Å². The zero-order chi connectivity index (χ0) is 14.4. The van der Waals surface area contributed by atoms with Gasteiger partial charge in [-0.15, -0.1) is 0 Å². The summed E-state index contributed by atoms with van der Waals surface area (Å²) in [6.07, 6.45) is 1.52. The molecule has 0 aliphatic rings. The number of nitrogens with zero attached hydrogens (tertiary/aromatic N) is 3. The summed E-state index contributed by atoms with van der Waals surface area (Å²) in [7, 11) is 0. The van der Waals surface area contributed by atoms with Gasteiger partial charge in [0.15, 0.2) is 0 Å². The van der Waals surface area contributed by atoms with Gasteiger partial charge >= 0.3 is 5.97 Å². The number of anilines is 1. The number of carbonyl (C=O) groups is 1. The van der Waals surface area contributed by atoms with Crippen molar-refractivity contribution >= 4 is 11.8 Å². The molecular weight excluding hydrogens is 246 g/mol. The average Bonchev–Trinajstić information content (AvgIpc) is 2.33. The Morgan fingerprint density at radius 1 is 1.47 bits per heavy atom. The van der Waals surface area contributed by atoms with Crippen molar-refractivity contribution in [1.29, 1.82) is 0 Å². The van der Waals surface area contributed by atoms with Gasteiger partial charge in [0, 0.05) is 12.6 Å². The van der Waals surface area contributed by atoms with Crippen LogP contribution in [-0.2, 0) is 4.79 Å². The van der Waals surface area contributed by atoms with Gasteiger partial charge in [0.25, 0.3) is 0 Å². The molecule has 0 saturated carbocycles. The van der Waals surface area contributed by atoms with Crippen LogP contribution >= 0.6 is 0 Å². The lowest BCUT2D eigenvalue weighted by molar-refractivity contribution is -0.136. The highest BCUT2D eigenvalue weighted by Gasteiger charge is 2.18. The fourth-order valence-corrected chi connectivity index (χ4v) is 1.82. The van der Waals surface area contributed by atoms with Crippen molar-refractivity contribution in [2.75, 3.05) is 18.1 Å². The van der Waals surface area contributed by atoms with Crippen LogP contribution in [0.4, 0.5) is 5.82 Å². The quantitative estimate of drug-likeness (QED) is 0.813. The minimum absolute atomic E-state index is 0.0750. The molecule has 0 radical (unpaired) electrons. The molecule has 0 fully saturated rings. The highest BCUT2D eigenvalue weighted by molar-refractivity contribution is 5.67. The van der Waals surface area contributed by atoms with Crippen LogP contribution in [-0.4, -0.2) is 40.2 Å². The smallest absolute Gasteiger partial charge is 0.305 e. The number of ether oxygens (including phenoxy) is 1. The molecule has 1 rings (SSSR count). The van der Waals surface area contributed by atoms with Crippen LogP contribution in [0.15, 0.2) is 6.33 Å². The molecule has 1 aromatic heterocycles. The summed E-state index contributed by atoms with van der Waals surface area (Å²) in [6.45, 7) is 8.74. The number of carboxylic acid groups (broad SMARTS) is 1. The van der Waals surface area contributed by atoms with E-state index in [1.807, 2.05) is 32.6 Å². The first-order chi connectivity index (χ1) is 8.97. The summed E-state index contributed by atoms with van der Waals surface area (Å²) in [4.78, 5) is 21.0. The molecule has 1 aromatic rings. The highest BCUT2D eigenvalue weighted by atomic mass is 16.5. The summed E-state index contributed by atoms with van der Waals surface area (Å²) in [5, 5.41) is 8.82. The van der Waals surface area contributed by atoms with Gasteiger partial charge in [0.2, 0.25) is 5.88 Å². The van der Waals surface area contributed by atoms with Crippen molar-refractivity contribution in [3.63, 3.8) is 0 Å². The maximum Gasteiger partial charge on any atom is 0.305 e. The second-order valence-electron chi connectivity index (χ2n) is 4.49. The Bertz CT molecular complexity index is 435. The van der Waals surface area contributed by atoms with Gasteiger partial charge in [-0.05, 0) is 27.7 Å². The van der Waals surface area contributed by atoms with Crippen molar-refractivity contribution in [3.05, 3.63) is 11.9 Å². The van der Waals surface area contributed by atoms with E-state index in [0.717, 1.165) is 11.4 Å². The molecule has 0 spiro atoms. The summed E-state index contributed by atoms with van der Waals surface area (Å²) in [6, 6.07) is 0.155. The molecule has 1 heterocycles. The second kappa shape index (κ2) is 6.92. The van der Waals surface area contributed by atoms with Gasteiger partial charge < -0.3 is 14.7 Å². The van der Waals surface area contributed by atoms with Gasteiger partial charge in [0.05, 0.1) is 18.6 Å². The Balaban J connectivity index is 3.01. The molecule has 6 heteroatoms. The summed E-state index contributed by atoms with van der Waals surface area (Å²) >= 11 is 0. The van der Waals surface area contributed by atoms with Crippen LogP contribution < -0.4 is 9.64 Å². The van der Waals surface area contributed by atoms with Crippen molar-refractivity contribution in [1.82, 2.24) is 9.97 Å². The van der Waals surface area contributed by atoms with Gasteiger partial charge in [0.1, 0.15) is 12.1 Å². The fourth-order valence-electron chi connectivity index (χ4n) is 1.82. The highest BCUT2D eigenvalue weighted by Crippen LogP contribution is 2.25. The molecule has 0 saturated heterocycles. The number of hydrogen-bond acceptors (Lipinski definition) is 5. The maximum absolute atomic E-state index is 10.7. The van der Waals surface area contributed by atoms with E-state index >= 15 is 0 Å². The SMILES string of the molecule is CCOc1ncnc(N(CCC(=O)O)C(C)C)c1C. The first-order valence-electron chi connectivity index (χ1n) is 6.40. The molecular formula is C13H21N3O3. The first-order valence-corrected chi connectivity index (χ1v) is 6.40. The van der Waals surface area contributed by atoms with Crippen molar-refractivity contribution in [3.8, 4) is 5.88 Å². The third kappa shape index (κ3) is 4.08. The molecule has 1 N–H and O–H groups in total. The molecule has 0 aliphatic carbocycles.